The number of nitro benzene ring substituents is 1. The molecule has 1 saturated heterocycles. The van der Waals surface area contributed by atoms with E-state index in [9.17, 15) is 18.5 Å². The van der Waals surface area contributed by atoms with E-state index in [4.69, 9.17) is 0 Å². The van der Waals surface area contributed by atoms with Crippen LogP contribution in [-0.4, -0.2) is 67.4 Å². The van der Waals surface area contributed by atoms with Gasteiger partial charge in [0.1, 0.15) is 0 Å². The lowest BCUT2D eigenvalue weighted by Gasteiger charge is -2.30. The predicted molar refractivity (Wildman–Crippen MR) is 125 cm³/mol. The van der Waals surface area contributed by atoms with Gasteiger partial charge in [0.25, 0.3) is 5.69 Å². The first-order chi connectivity index (χ1) is 13.7. The van der Waals surface area contributed by atoms with Gasteiger partial charge >= 0.3 is 0 Å². The number of alkyl halides is 2. The third kappa shape index (κ3) is 6.15. The molecule has 0 atom stereocenters. The molecule has 29 heavy (non-hydrogen) atoms. The van der Waals surface area contributed by atoms with E-state index in [1.807, 2.05) is 4.90 Å². The van der Waals surface area contributed by atoms with Crippen molar-refractivity contribution in [3.63, 3.8) is 0 Å². The maximum absolute atomic E-state index is 13.7. The van der Waals surface area contributed by atoms with Crippen LogP contribution in [-0.2, 0) is 9.84 Å². The fraction of sp³-hybridized carbons (Fsp3) is 0.684. The third-order valence-electron chi connectivity index (χ3n) is 5.36. The smallest absolute Gasteiger partial charge is 0.271 e. The molecule has 10 heteroatoms. The molecule has 7 nitrogen and oxygen atoms in total. The van der Waals surface area contributed by atoms with Crippen molar-refractivity contribution in [1.82, 2.24) is 4.90 Å². The van der Waals surface area contributed by atoms with Crippen molar-refractivity contribution in [1.29, 1.82) is 0 Å². The van der Waals surface area contributed by atoms with E-state index in [0.29, 0.717) is 47.8 Å². The maximum Gasteiger partial charge on any atom is 0.271 e. The predicted octanol–water partition coefficient (Wildman–Crippen LogP) is 4.15. The van der Waals surface area contributed by atoms with Gasteiger partial charge in [-0.25, -0.2) is 8.42 Å². The number of rotatable bonds is 8. The van der Waals surface area contributed by atoms with Gasteiger partial charge in [-0.3, -0.25) is 10.1 Å². The first kappa shape index (κ1) is 24.6. The van der Waals surface area contributed by atoms with Gasteiger partial charge in [0.05, 0.1) is 20.8 Å². The van der Waals surface area contributed by atoms with Gasteiger partial charge in [0.15, 0.2) is 9.84 Å². The zero-order chi connectivity index (χ0) is 21.6. The molecule has 1 aromatic rings. The number of sulfone groups is 1. The Morgan fingerprint density at radius 3 is 2.21 bits per heavy atom. The van der Waals surface area contributed by atoms with Crippen molar-refractivity contribution in [2.45, 2.75) is 42.8 Å². The third-order valence-corrected chi connectivity index (χ3v) is 8.35. The molecular formula is C19H29Br2N3O4S. The minimum atomic E-state index is -3.71. The standard InChI is InChI=1S/C19H29Br2N3O4S/c1-15-13-16(24(25)26)14-18(19(15)23(11-7-20)12-8-21)29(27,28)17-5-3-9-22(2)10-4-6-17/h13-14,17H,3-12H2,1-2H3. The largest absolute Gasteiger partial charge is 0.369 e. The van der Waals surface area contributed by atoms with Gasteiger partial charge < -0.3 is 9.80 Å². The highest BCUT2D eigenvalue weighted by molar-refractivity contribution is 9.09. The second-order valence-corrected chi connectivity index (χ2v) is 11.3. The van der Waals surface area contributed by atoms with E-state index in [1.54, 1.807) is 6.92 Å². The number of aryl methyl sites for hydroxylation is 1. The van der Waals surface area contributed by atoms with Crippen LogP contribution in [0, 0.1) is 17.0 Å². The van der Waals surface area contributed by atoms with Crippen LogP contribution in [0.25, 0.3) is 0 Å². The summed E-state index contributed by atoms with van der Waals surface area (Å²) in [6.07, 6.45) is 2.75. The first-order valence-corrected chi connectivity index (χ1v) is 13.6. The average molecular weight is 555 g/mol. The van der Waals surface area contributed by atoms with E-state index in [2.05, 4.69) is 43.8 Å². The first-order valence-electron chi connectivity index (χ1n) is 9.80. The summed E-state index contributed by atoms with van der Waals surface area (Å²) in [7, 11) is -1.65. The Labute approximate surface area is 190 Å². The SMILES string of the molecule is Cc1cc([N+](=O)[O-])cc(S(=O)(=O)C2CCCN(C)CCC2)c1N(CCBr)CCBr. The minimum absolute atomic E-state index is 0.102. The molecule has 0 aliphatic carbocycles. The van der Waals surface area contributed by atoms with Crippen molar-refractivity contribution < 1.29 is 13.3 Å². The summed E-state index contributed by atoms with van der Waals surface area (Å²) in [5.41, 5.74) is 1.03. The van der Waals surface area contributed by atoms with E-state index in [0.717, 1.165) is 25.9 Å². The molecule has 0 saturated carbocycles. The van der Waals surface area contributed by atoms with Crippen LogP contribution < -0.4 is 4.90 Å². The summed E-state index contributed by atoms with van der Waals surface area (Å²) in [5, 5.41) is 12.3. The molecular weight excluding hydrogens is 526 g/mol. The normalized spacial score (nSPS) is 17.0. The van der Waals surface area contributed by atoms with Crippen LogP contribution in [0.3, 0.4) is 0 Å². The van der Waals surface area contributed by atoms with Gasteiger partial charge in [-0.05, 0) is 58.3 Å². The topological polar surface area (TPSA) is 83.8 Å². The number of halogens is 2. The Bertz CT molecular complexity index is 804. The highest BCUT2D eigenvalue weighted by atomic mass is 79.9. The van der Waals surface area contributed by atoms with Crippen LogP contribution in [0.4, 0.5) is 11.4 Å². The molecule has 1 aromatic carbocycles. The lowest BCUT2D eigenvalue weighted by atomic mass is 10.1. The number of hydrogen-bond acceptors (Lipinski definition) is 6. The Kier molecular flexibility index (Phi) is 9.37. The molecule has 0 spiro atoms. The summed E-state index contributed by atoms with van der Waals surface area (Å²) in [5.74, 6) is 0. The van der Waals surface area contributed by atoms with Gasteiger partial charge in [-0.15, -0.1) is 0 Å². The zero-order valence-electron chi connectivity index (χ0n) is 16.9. The summed E-state index contributed by atoms with van der Waals surface area (Å²) in [4.78, 5) is 15.3. The number of non-ortho nitro benzene ring substituents is 1. The number of nitro groups is 1. The fourth-order valence-electron chi connectivity index (χ4n) is 3.92. The van der Waals surface area contributed by atoms with Crippen molar-refractivity contribution in [3.8, 4) is 0 Å². The highest BCUT2D eigenvalue weighted by Crippen LogP contribution is 2.37. The maximum atomic E-state index is 13.7. The molecule has 0 aromatic heterocycles. The van der Waals surface area contributed by atoms with Crippen molar-refractivity contribution in [2.75, 3.05) is 48.8 Å². The van der Waals surface area contributed by atoms with E-state index < -0.39 is 20.0 Å². The molecule has 0 radical (unpaired) electrons. The molecule has 1 fully saturated rings. The molecule has 1 heterocycles. The summed E-state index contributed by atoms with van der Waals surface area (Å²) >= 11 is 6.87. The lowest BCUT2D eigenvalue weighted by molar-refractivity contribution is -0.385. The Morgan fingerprint density at radius 2 is 1.72 bits per heavy atom. The molecule has 0 unspecified atom stereocenters. The molecule has 1 aliphatic heterocycles. The molecule has 2 rings (SSSR count). The Hall–Kier alpha value is -0.710. The number of nitrogens with zero attached hydrogens (tertiary/aromatic N) is 3. The van der Waals surface area contributed by atoms with E-state index >= 15 is 0 Å². The van der Waals surface area contributed by atoms with Crippen LogP contribution in [0.15, 0.2) is 17.0 Å². The second kappa shape index (κ2) is 11.1. The number of hydrogen-bond donors (Lipinski definition) is 0. The van der Waals surface area contributed by atoms with E-state index in [1.165, 1.54) is 12.1 Å². The average Bonchev–Trinajstić information content (AvgIpc) is 2.63. The Balaban J connectivity index is 2.58. The van der Waals surface area contributed by atoms with Crippen LogP contribution >= 0.6 is 31.9 Å². The van der Waals surface area contributed by atoms with Crippen LogP contribution in [0.5, 0.6) is 0 Å². The van der Waals surface area contributed by atoms with Gasteiger partial charge in [-0.2, -0.15) is 0 Å². The quantitative estimate of drug-likeness (QED) is 0.273. The summed E-state index contributed by atoms with van der Waals surface area (Å²) in [6, 6.07) is 2.73. The number of anilines is 1. The van der Waals surface area contributed by atoms with Crippen LogP contribution in [0.2, 0.25) is 0 Å². The zero-order valence-corrected chi connectivity index (χ0v) is 20.9. The molecule has 1 aliphatic rings. The molecule has 0 N–H and O–H groups in total. The van der Waals surface area contributed by atoms with Gasteiger partial charge in [0, 0.05) is 35.9 Å². The number of benzene rings is 1. The van der Waals surface area contributed by atoms with Gasteiger partial charge in [-0.1, -0.05) is 31.9 Å². The van der Waals surface area contributed by atoms with Crippen molar-refractivity contribution in [2.24, 2.45) is 0 Å². The van der Waals surface area contributed by atoms with Crippen molar-refractivity contribution >= 4 is 53.1 Å². The minimum Gasteiger partial charge on any atom is -0.369 e. The van der Waals surface area contributed by atoms with Crippen molar-refractivity contribution in [3.05, 3.63) is 27.8 Å². The lowest BCUT2D eigenvalue weighted by Crippen LogP contribution is -2.33. The fourth-order valence-corrected chi connectivity index (χ4v) is 6.93. The van der Waals surface area contributed by atoms with Gasteiger partial charge in [0.2, 0.25) is 0 Å². The molecule has 164 valence electrons. The number of likely N-dealkylation sites (tertiary alicyclic amines) is 1. The van der Waals surface area contributed by atoms with Crippen LogP contribution in [0.1, 0.15) is 31.2 Å². The second-order valence-electron chi connectivity index (χ2n) is 7.49. The Morgan fingerprint density at radius 1 is 1.17 bits per heavy atom. The van der Waals surface area contributed by atoms with E-state index in [-0.39, 0.29) is 10.6 Å². The summed E-state index contributed by atoms with van der Waals surface area (Å²) < 4.78 is 27.4. The monoisotopic (exact) mass is 553 g/mol. The molecule has 0 amide bonds. The summed E-state index contributed by atoms with van der Waals surface area (Å²) in [6.45, 7) is 4.71. The highest BCUT2D eigenvalue weighted by Gasteiger charge is 2.34. The molecule has 0 bridgehead atoms.